The van der Waals surface area contributed by atoms with E-state index in [1.165, 1.54) is 16.8 Å². The van der Waals surface area contributed by atoms with Crippen LogP contribution in [-0.4, -0.2) is 37.7 Å². The van der Waals surface area contributed by atoms with Crippen LogP contribution in [0.5, 0.6) is 0 Å². The Morgan fingerprint density at radius 1 is 1.25 bits per heavy atom. The quantitative estimate of drug-likeness (QED) is 0.896. The van der Waals surface area contributed by atoms with Gasteiger partial charge in [0.05, 0.1) is 13.2 Å². The summed E-state index contributed by atoms with van der Waals surface area (Å²) in [5.74, 6) is 1.23. The summed E-state index contributed by atoms with van der Waals surface area (Å²) in [6.45, 7) is 11.8. The molecular formula is C17H26N2O. The lowest BCUT2D eigenvalue weighted by atomic mass is 9.86. The highest BCUT2D eigenvalue weighted by Crippen LogP contribution is 2.39. The molecule has 0 aromatic heterocycles. The molecule has 1 aromatic carbocycles. The Morgan fingerprint density at radius 3 is 2.70 bits per heavy atom. The number of fused-ring (bicyclic) bond motifs is 1. The van der Waals surface area contributed by atoms with E-state index >= 15 is 0 Å². The van der Waals surface area contributed by atoms with Gasteiger partial charge in [-0.3, -0.25) is 4.90 Å². The summed E-state index contributed by atoms with van der Waals surface area (Å²) >= 11 is 0. The van der Waals surface area contributed by atoms with Gasteiger partial charge in [-0.25, -0.2) is 0 Å². The van der Waals surface area contributed by atoms with E-state index in [4.69, 9.17) is 4.74 Å². The molecule has 1 aromatic rings. The Labute approximate surface area is 122 Å². The third-order valence-corrected chi connectivity index (χ3v) is 4.65. The topological polar surface area (TPSA) is 24.5 Å². The molecule has 1 saturated heterocycles. The number of ether oxygens (including phenoxy) is 1. The van der Waals surface area contributed by atoms with Crippen molar-refractivity contribution < 1.29 is 4.74 Å². The van der Waals surface area contributed by atoms with E-state index in [1.807, 2.05) is 0 Å². The molecule has 0 bridgehead atoms. The number of rotatable bonds is 2. The van der Waals surface area contributed by atoms with Crippen molar-refractivity contribution in [3.63, 3.8) is 0 Å². The van der Waals surface area contributed by atoms with Gasteiger partial charge in [0.25, 0.3) is 0 Å². The van der Waals surface area contributed by atoms with Gasteiger partial charge in [-0.05, 0) is 29.0 Å². The summed E-state index contributed by atoms with van der Waals surface area (Å²) in [5, 5.41) is 3.59. The van der Waals surface area contributed by atoms with E-state index in [2.05, 4.69) is 49.2 Å². The lowest BCUT2D eigenvalue weighted by molar-refractivity contribution is 0.00417. The molecule has 1 N–H and O–H groups in total. The third-order valence-electron chi connectivity index (χ3n) is 4.65. The molecule has 0 amide bonds. The average molecular weight is 274 g/mol. The molecule has 2 aliphatic heterocycles. The number of anilines is 1. The molecular weight excluding hydrogens is 248 g/mol. The number of benzene rings is 1. The molecule has 0 radical (unpaired) electrons. The Balaban J connectivity index is 1.95. The highest BCUT2D eigenvalue weighted by Gasteiger charge is 2.32. The average Bonchev–Trinajstić information content (AvgIpc) is 2.47. The molecule has 0 saturated carbocycles. The summed E-state index contributed by atoms with van der Waals surface area (Å²) in [6.07, 6.45) is 0. The van der Waals surface area contributed by atoms with Crippen LogP contribution in [0.25, 0.3) is 0 Å². The normalized spacial score (nSPS) is 27.2. The van der Waals surface area contributed by atoms with Crippen LogP contribution >= 0.6 is 0 Å². The zero-order valence-electron chi connectivity index (χ0n) is 12.9. The summed E-state index contributed by atoms with van der Waals surface area (Å²) in [7, 11) is 0. The molecule has 0 spiro atoms. The van der Waals surface area contributed by atoms with Crippen LogP contribution in [0.4, 0.5) is 5.69 Å². The minimum Gasteiger partial charge on any atom is -0.384 e. The van der Waals surface area contributed by atoms with E-state index in [9.17, 15) is 0 Å². The van der Waals surface area contributed by atoms with Crippen LogP contribution in [0.15, 0.2) is 18.2 Å². The smallest absolute Gasteiger partial charge is 0.0594 e. The fourth-order valence-corrected chi connectivity index (χ4v) is 3.45. The minimum absolute atomic E-state index is 0.536. The van der Waals surface area contributed by atoms with Crippen LogP contribution < -0.4 is 5.32 Å². The first-order valence-electron chi connectivity index (χ1n) is 7.86. The van der Waals surface area contributed by atoms with E-state index in [-0.39, 0.29) is 0 Å². The third kappa shape index (κ3) is 2.57. The first-order chi connectivity index (χ1) is 9.66. The fraction of sp³-hybridized carbons (Fsp3) is 0.647. The predicted molar refractivity (Wildman–Crippen MR) is 83.3 cm³/mol. The monoisotopic (exact) mass is 274 g/mol. The van der Waals surface area contributed by atoms with Gasteiger partial charge in [-0.15, -0.1) is 0 Å². The van der Waals surface area contributed by atoms with E-state index in [1.54, 1.807) is 0 Å². The Bertz CT molecular complexity index is 466. The number of hydrogen-bond donors (Lipinski definition) is 1. The predicted octanol–water partition coefficient (Wildman–Crippen LogP) is 3.24. The molecule has 3 heteroatoms. The van der Waals surface area contributed by atoms with Gasteiger partial charge in [0.15, 0.2) is 0 Å². The van der Waals surface area contributed by atoms with Crippen LogP contribution in [0.1, 0.15) is 43.9 Å². The van der Waals surface area contributed by atoms with Crippen molar-refractivity contribution >= 4 is 5.69 Å². The van der Waals surface area contributed by atoms with Crippen LogP contribution in [0.2, 0.25) is 0 Å². The highest BCUT2D eigenvalue weighted by molar-refractivity contribution is 5.56. The summed E-state index contributed by atoms with van der Waals surface area (Å²) in [5.41, 5.74) is 4.25. The molecule has 2 heterocycles. The summed E-state index contributed by atoms with van der Waals surface area (Å²) in [6, 6.07) is 7.49. The van der Waals surface area contributed by atoms with E-state index < -0.39 is 0 Å². The molecule has 3 nitrogen and oxygen atoms in total. The summed E-state index contributed by atoms with van der Waals surface area (Å²) < 4.78 is 5.52. The van der Waals surface area contributed by atoms with Gasteiger partial charge in [0.1, 0.15) is 0 Å². The number of hydrogen-bond acceptors (Lipinski definition) is 3. The van der Waals surface area contributed by atoms with Crippen LogP contribution in [0.3, 0.4) is 0 Å². The molecule has 0 aliphatic carbocycles. The van der Waals surface area contributed by atoms with Gasteiger partial charge in [-0.1, -0.05) is 32.9 Å². The van der Waals surface area contributed by atoms with Gasteiger partial charge in [-0.2, -0.15) is 0 Å². The van der Waals surface area contributed by atoms with Gasteiger partial charge in [0, 0.05) is 31.4 Å². The largest absolute Gasteiger partial charge is 0.384 e. The first kappa shape index (κ1) is 13.9. The maximum atomic E-state index is 5.52. The second-order valence-electron chi connectivity index (χ2n) is 6.45. The molecule has 2 aliphatic rings. The Kier molecular flexibility index (Phi) is 3.99. The van der Waals surface area contributed by atoms with Crippen molar-refractivity contribution in [1.29, 1.82) is 0 Å². The van der Waals surface area contributed by atoms with Crippen molar-refractivity contribution in [3.05, 3.63) is 29.3 Å². The number of nitrogens with zero attached hydrogens (tertiary/aromatic N) is 1. The molecule has 110 valence electrons. The summed E-state index contributed by atoms with van der Waals surface area (Å²) in [4.78, 5) is 2.61. The van der Waals surface area contributed by atoms with Crippen molar-refractivity contribution in [3.8, 4) is 0 Å². The first-order valence-corrected chi connectivity index (χ1v) is 7.86. The molecule has 1 fully saturated rings. The van der Waals surface area contributed by atoms with Crippen molar-refractivity contribution in [2.24, 2.45) is 5.92 Å². The fourth-order valence-electron chi connectivity index (χ4n) is 3.45. The van der Waals surface area contributed by atoms with Gasteiger partial charge in [0.2, 0.25) is 0 Å². The standard InChI is InChI=1S/C17H26N2O/c1-12(2)14-4-5-16-15(10-14)17(13(3)11-18-16)19-6-8-20-9-7-19/h4-5,10,12-13,17-18H,6-9,11H2,1-3H3. The molecule has 2 atom stereocenters. The lowest BCUT2D eigenvalue weighted by Gasteiger charge is -2.42. The Hall–Kier alpha value is -1.06. The zero-order chi connectivity index (χ0) is 14.1. The van der Waals surface area contributed by atoms with E-state index in [0.717, 1.165) is 32.8 Å². The van der Waals surface area contributed by atoms with Crippen LogP contribution in [-0.2, 0) is 4.74 Å². The molecule has 20 heavy (non-hydrogen) atoms. The Morgan fingerprint density at radius 2 is 2.00 bits per heavy atom. The SMILES string of the molecule is CC(C)c1ccc2c(c1)C(N1CCOCC1)C(C)CN2. The number of nitrogens with one attached hydrogen (secondary N) is 1. The number of morpholine rings is 1. The van der Waals surface area contributed by atoms with Crippen molar-refractivity contribution in [2.45, 2.75) is 32.7 Å². The molecule has 2 unspecified atom stereocenters. The van der Waals surface area contributed by atoms with Crippen molar-refractivity contribution in [1.82, 2.24) is 4.90 Å². The highest BCUT2D eigenvalue weighted by atomic mass is 16.5. The molecule has 3 rings (SSSR count). The zero-order valence-corrected chi connectivity index (χ0v) is 12.9. The lowest BCUT2D eigenvalue weighted by Crippen LogP contribution is -2.44. The van der Waals surface area contributed by atoms with Gasteiger partial charge >= 0.3 is 0 Å². The van der Waals surface area contributed by atoms with Crippen LogP contribution in [0, 0.1) is 5.92 Å². The second-order valence-corrected chi connectivity index (χ2v) is 6.45. The maximum absolute atomic E-state index is 5.52. The second kappa shape index (κ2) is 5.74. The van der Waals surface area contributed by atoms with Gasteiger partial charge < -0.3 is 10.1 Å². The van der Waals surface area contributed by atoms with Crippen molar-refractivity contribution in [2.75, 3.05) is 38.2 Å². The minimum atomic E-state index is 0.536. The van der Waals surface area contributed by atoms with E-state index in [0.29, 0.717) is 17.9 Å². The maximum Gasteiger partial charge on any atom is 0.0594 e.